The van der Waals surface area contributed by atoms with E-state index in [0.29, 0.717) is 19.0 Å². The Morgan fingerprint density at radius 2 is 2.06 bits per heavy atom. The number of nitrogens with one attached hydrogen (secondary N) is 1. The summed E-state index contributed by atoms with van der Waals surface area (Å²) in [5.74, 6) is -1.64. The summed E-state index contributed by atoms with van der Waals surface area (Å²) < 4.78 is 64.0. The molecular weight excluding hydrogens is 443 g/mol. The van der Waals surface area contributed by atoms with E-state index in [2.05, 4.69) is 19.9 Å². The second kappa shape index (κ2) is 10.2. The first-order valence-electron chi connectivity index (χ1n) is 9.23. The van der Waals surface area contributed by atoms with Crippen LogP contribution in [0.25, 0.3) is 0 Å². The number of carboxylic acids is 1. The molecule has 14 heteroatoms. The molecule has 0 spiro atoms. The maximum absolute atomic E-state index is 11.2. The molecule has 31 heavy (non-hydrogen) atoms. The second-order valence-electron chi connectivity index (χ2n) is 7.23. The lowest BCUT2D eigenvalue weighted by atomic mass is 10.1. The molecule has 0 fully saturated rings. The molecular formula is C17H24F3N5O5S. The lowest BCUT2D eigenvalue weighted by Gasteiger charge is -2.22. The van der Waals surface area contributed by atoms with Crippen LogP contribution in [0.2, 0.25) is 0 Å². The summed E-state index contributed by atoms with van der Waals surface area (Å²) in [6.45, 7) is 5.48. The molecule has 10 nitrogen and oxygen atoms in total. The molecule has 3 rings (SSSR count). The predicted molar refractivity (Wildman–Crippen MR) is 102 cm³/mol. The lowest BCUT2D eigenvalue weighted by molar-refractivity contribution is -0.192. The van der Waals surface area contributed by atoms with E-state index in [1.54, 1.807) is 0 Å². The molecule has 0 saturated heterocycles. The number of aromatic nitrogens is 3. The van der Waals surface area contributed by atoms with Gasteiger partial charge >= 0.3 is 12.1 Å². The van der Waals surface area contributed by atoms with Crippen molar-refractivity contribution in [1.29, 1.82) is 0 Å². The van der Waals surface area contributed by atoms with Crippen molar-refractivity contribution in [1.82, 2.24) is 24.6 Å². The molecule has 3 heterocycles. The van der Waals surface area contributed by atoms with Crippen molar-refractivity contribution in [3.05, 3.63) is 35.5 Å². The lowest BCUT2D eigenvalue weighted by Crippen LogP contribution is -2.31. The number of alkyl halides is 3. The Labute approximate surface area is 177 Å². The van der Waals surface area contributed by atoms with Gasteiger partial charge in [-0.1, -0.05) is 5.16 Å². The number of carboxylic acid groups (broad SMARTS) is 1. The molecule has 2 aromatic rings. The molecule has 0 amide bonds. The Morgan fingerprint density at radius 3 is 2.61 bits per heavy atom. The third-order valence-electron chi connectivity index (χ3n) is 4.36. The Hall–Kier alpha value is -2.45. The van der Waals surface area contributed by atoms with Gasteiger partial charge in [-0.15, -0.1) is 0 Å². The number of nitrogens with zero attached hydrogens (tertiary/aromatic N) is 4. The average molecular weight is 467 g/mol. The zero-order valence-corrected chi connectivity index (χ0v) is 17.8. The van der Waals surface area contributed by atoms with Gasteiger partial charge in [-0.2, -0.15) is 18.3 Å². The highest BCUT2D eigenvalue weighted by molar-refractivity contribution is 7.88. The molecule has 0 radical (unpaired) electrons. The van der Waals surface area contributed by atoms with Gasteiger partial charge in [0.15, 0.2) is 0 Å². The van der Waals surface area contributed by atoms with Crippen molar-refractivity contribution in [2.24, 2.45) is 5.92 Å². The van der Waals surface area contributed by atoms with Gasteiger partial charge in [0.1, 0.15) is 5.76 Å². The molecule has 0 aromatic carbocycles. The quantitative estimate of drug-likeness (QED) is 0.652. The number of hydrogen-bond acceptors (Lipinski definition) is 7. The summed E-state index contributed by atoms with van der Waals surface area (Å²) >= 11 is 0. The SMILES string of the molecule is Cc1cc(CN2Cc3ccnn3CC(CCNS(C)(=O)=O)C2)no1.O=C(O)C(F)(F)F. The molecule has 2 N–H and O–H groups in total. The molecule has 2 aromatic heterocycles. The molecule has 1 aliphatic rings. The zero-order valence-electron chi connectivity index (χ0n) is 17.0. The minimum Gasteiger partial charge on any atom is -0.475 e. The van der Waals surface area contributed by atoms with Crippen molar-refractivity contribution < 1.29 is 36.0 Å². The van der Waals surface area contributed by atoms with Crippen molar-refractivity contribution in [2.75, 3.05) is 19.3 Å². The van der Waals surface area contributed by atoms with Crippen LogP contribution in [0.3, 0.4) is 0 Å². The highest BCUT2D eigenvalue weighted by atomic mass is 32.2. The number of fused-ring (bicyclic) bond motifs is 1. The van der Waals surface area contributed by atoms with Crippen LogP contribution in [0.1, 0.15) is 23.6 Å². The average Bonchev–Trinajstić information content (AvgIpc) is 3.18. The van der Waals surface area contributed by atoms with Crippen molar-refractivity contribution in [2.45, 2.75) is 39.2 Å². The maximum atomic E-state index is 11.2. The Balaban J connectivity index is 0.000000423. The normalized spacial score (nSPS) is 17.4. The molecule has 1 atom stereocenters. The summed E-state index contributed by atoms with van der Waals surface area (Å²) in [5, 5.41) is 15.6. The fourth-order valence-electron chi connectivity index (χ4n) is 3.09. The van der Waals surface area contributed by atoms with Crippen LogP contribution < -0.4 is 4.72 Å². The largest absolute Gasteiger partial charge is 0.490 e. The minimum atomic E-state index is -5.08. The molecule has 0 aliphatic carbocycles. The summed E-state index contributed by atoms with van der Waals surface area (Å²) in [5.41, 5.74) is 2.07. The van der Waals surface area contributed by atoms with Gasteiger partial charge < -0.3 is 9.63 Å². The fraction of sp³-hybridized carbons (Fsp3) is 0.588. The highest BCUT2D eigenvalue weighted by Gasteiger charge is 2.38. The number of aryl methyl sites for hydroxylation is 1. The monoisotopic (exact) mass is 467 g/mol. The van der Waals surface area contributed by atoms with Gasteiger partial charge in [0, 0.05) is 45.0 Å². The van der Waals surface area contributed by atoms with E-state index in [4.69, 9.17) is 14.4 Å². The van der Waals surface area contributed by atoms with Gasteiger partial charge in [-0.25, -0.2) is 17.9 Å². The number of aliphatic carboxylic acids is 1. The number of hydrogen-bond donors (Lipinski definition) is 2. The van der Waals surface area contributed by atoms with Gasteiger partial charge in [0.2, 0.25) is 10.0 Å². The van der Waals surface area contributed by atoms with Crippen LogP contribution >= 0.6 is 0 Å². The Bertz CT molecular complexity index is 973. The molecule has 174 valence electrons. The van der Waals surface area contributed by atoms with Crippen LogP contribution in [0.4, 0.5) is 13.2 Å². The topological polar surface area (TPSA) is 131 Å². The van der Waals surface area contributed by atoms with E-state index in [1.165, 1.54) is 6.26 Å². The smallest absolute Gasteiger partial charge is 0.475 e. The van der Waals surface area contributed by atoms with Gasteiger partial charge in [-0.05, 0) is 25.3 Å². The van der Waals surface area contributed by atoms with Gasteiger partial charge in [0.25, 0.3) is 0 Å². The van der Waals surface area contributed by atoms with E-state index in [0.717, 1.165) is 43.2 Å². The molecule has 0 saturated carbocycles. The van der Waals surface area contributed by atoms with Crippen LogP contribution in [0.5, 0.6) is 0 Å². The van der Waals surface area contributed by atoms with Crippen molar-refractivity contribution in [3.63, 3.8) is 0 Å². The summed E-state index contributed by atoms with van der Waals surface area (Å²) in [6, 6.07) is 3.97. The molecule has 1 aliphatic heterocycles. The van der Waals surface area contributed by atoms with E-state index < -0.39 is 22.2 Å². The van der Waals surface area contributed by atoms with E-state index in [-0.39, 0.29) is 0 Å². The first kappa shape index (κ1) is 24.8. The van der Waals surface area contributed by atoms with E-state index in [1.807, 2.05) is 29.9 Å². The second-order valence-corrected chi connectivity index (χ2v) is 9.06. The summed E-state index contributed by atoms with van der Waals surface area (Å²) in [7, 11) is -3.15. The Morgan fingerprint density at radius 1 is 1.39 bits per heavy atom. The van der Waals surface area contributed by atoms with Crippen LogP contribution in [0, 0.1) is 12.8 Å². The first-order valence-corrected chi connectivity index (χ1v) is 11.1. The standard InChI is InChI=1S/C15H23N5O3S.C2HF3O2/c1-12-7-14(18-23-12)10-19-8-13(3-6-17-24(2,21)22)9-20-15(11-19)4-5-16-20;3-2(4,5)1(6)7/h4-5,7,13,17H,3,6,8-11H2,1-2H3;(H,6,7). The van der Waals surface area contributed by atoms with Crippen molar-refractivity contribution >= 4 is 16.0 Å². The number of sulfonamides is 1. The summed E-state index contributed by atoms with van der Waals surface area (Å²) in [6.07, 6.45) is -1.32. The third kappa shape index (κ3) is 8.67. The van der Waals surface area contributed by atoms with Gasteiger partial charge in [-0.3, -0.25) is 9.58 Å². The minimum absolute atomic E-state index is 0.313. The van der Waals surface area contributed by atoms with E-state index in [9.17, 15) is 21.6 Å². The third-order valence-corrected chi connectivity index (χ3v) is 5.09. The van der Waals surface area contributed by atoms with Crippen LogP contribution in [-0.2, 0) is 34.5 Å². The fourth-order valence-corrected chi connectivity index (χ4v) is 3.58. The van der Waals surface area contributed by atoms with E-state index >= 15 is 0 Å². The first-order chi connectivity index (χ1) is 14.3. The number of halogens is 3. The highest BCUT2D eigenvalue weighted by Crippen LogP contribution is 2.20. The maximum Gasteiger partial charge on any atom is 0.490 e. The van der Waals surface area contributed by atoms with Gasteiger partial charge in [0.05, 0.1) is 17.6 Å². The van der Waals surface area contributed by atoms with Crippen LogP contribution in [-0.4, -0.2) is 64.9 Å². The van der Waals surface area contributed by atoms with Crippen LogP contribution in [0.15, 0.2) is 22.9 Å². The molecule has 1 unspecified atom stereocenters. The number of carbonyl (C=O) groups is 1. The zero-order chi connectivity index (χ0) is 23.2. The molecule has 0 bridgehead atoms. The number of rotatable bonds is 6. The Kier molecular flexibility index (Phi) is 8.20. The predicted octanol–water partition coefficient (Wildman–Crippen LogP) is 1.38. The summed E-state index contributed by atoms with van der Waals surface area (Å²) in [4.78, 5) is 11.2. The van der Waals surface area contributed by atoms with Crippen molar-refractivity contribution in [3.8, 4) is 0 Å².